The van der Waals surface area contributed by atoms with Gasteiger partial charge in [0.1, 0.15) is 18.4 Å². The lowest BCUT2D eigenvalue weighted by atomic mass is 10.2. The molecule has 23 heavy (non-hydrogen) atoms. The van der Waals surface area contributed by atoms with E-state index < -0.39 is 18.8 Å². The van der Waals surface area contributed by atoms with Crippen LogP contribution in [0, 0.1) is 0 Å². The zero-order chi connectivity index (χ0) is 16.7. The first kappa shape index (κ1) is 17.2. The summed E-state index contributed by atoms with van der Waals surface area (Å²) in [7, 11) is 0. The van der Waals surface area contributed by atoms with Gasteiger partial charge in [0, 0.05) is 25.5 Å². The monoisotopic (exact) mass is 325 g/mol. The Balaban J connectivity index is 1.84. The van der Waals surface area contributed by atoms with Gasteiger partial charge < -0.3 is 15.8 Å². The SMILES string of the molecule is NCC(NCc1ccc(OCc2ccncc2)cc1)C(F)(F)F. The van der Waals surface area contributed by atoms with Crippen molar-refractivity contribution in [3.05, 3.63) is 59.9 Å². The molecular weight excluding hydrogens is 307 g/mol. The molecule has 1 aromatic heterocycles. The number of hydrogen-bond acceptors (Lipinski definition) is 4. The van der Waals surface area contributed by atoms with E-state index in [1.54, 1.807) is 36.7 Å². The molecule has 0 amide bonds. The van der Waals surface area contributed by atoms with Crippen LogP contribution in [-0.4, -0.2) is 23.7 Å². The average Bonchev–Trinajstić information content (AvgIpc) is 2.54. The van der Waals surface area contributed by atoms with Crippen LogP contribution in [0.25, 0.3) is 0 Å². The molecule has 0 saturated heterocycles. The average molecular weight is 325 g/mol. The lowest BCUT2D eigenvalue weighted by Crippen LogP contribution is -2.47. The molecule has 0 aliphatic carbocycles. The molecule has 1 heterocycles. The fourth-order valence-electron chi connectivity index (χ4n) is 1.92. The van der Waals surface area contributed by atoms with Crippen molar-refractivity contribution < 1.29 is 17.9 Å². The maximum atomic E-state index is 12.6. The summed E-state index contributed by atoms with van der Waals surface area (Å²) >= 11 is 0. The Morgan fingerprint density at radius 1 is 1.04 bits per heavy atom. The van der Waals surface area contributed by atoms with Gasteiger partial charge in [0.25, 0.3) is 0 Å². The normalized spacial score (nSPS) is 12.9. The number of rotatable bonds is 7. The molecular formula is C16H18F3N3O. The molecule has 0 fully saturated rings. The van der Waals surface area contributed by atoms with Crippen molar-refractivity contribution in [2.75, 3.05) is 6.54 Å². The standard InChI is InChI=1S/C16H18F3N3O/c17-16(18,19)15(9-20)22-10-12-1-3-14(4-2-12)23-11-13-5-7-21-8-6-13/h1-8,15,22H,9-11,20H2. The minimum absolute atomic E-state index is 0.0893. The van der Waals surface area contributed by atoms with Crippen molar-refractivity contribution in [3.8, 4) is 5.75 Å². The van der Waals surface area contributed by atoms with Crippen molar-refractivity contribution in [1.82, 2.24) is 10.3 Å². The van der Waals surface area contributed by atoms with E-state index in [1.807, 2.05) is 12.1 Å². The second-order valence-electron chi connectivity index (χ2n) is 5.00. The van der Waals surface area contributed by atoms with Crippen molar-refractivity contribution in [2.45, 2.75) is 25.4 Å². The third-order valence-corrected chi connectivity index (χ3v) is 3.26. The number of aromatic nitrogens is 1. The molecule has 0 spiro atoms. The highest BCUT2D eigenvalue weighted by Gasteiger charge is 2.38. The van der Waals surface area contributed by atoms with Gasteiger partial charge in [-0.05, 0) is 35.4 Å². The molecule has 0 radical (unpaired) electrons. The third kappa shape index (κ3) is 5.54. The third-order valence-electron chi connectivity index (χ3n) is 3.26. The van der Waals surface area contributed by atoms with Gasteiger partial charge in [-0.2, -0.15) is 13.2 Å². The molecule has 2 rings (SSSR count). The quantitative estimate of drug-likeness (QED) is 0.822. The highest BCUT2D eigenvalue weighted by Crippen LogP contribution is 2.20. The van der Waals surface area contributed by atoms with E-state index in [9.17, 15) is 13.2 Å². The number of hydrogen-bond donors (Lipinski definition) is 2. The topological polar surface area (TPSA) is 60.2 Å². The summed E-state index contributed by atoms with van der Waals surface area (Å²) in [5.74, 6) is 0.650. The van der Waals surface area contributed by atoms with Crippen LogP contribution in [0.2, 0.25) is 0 Å². The Kier molecular flexibility index (Phi) is 5.95. The second kappa shape index (κ2) is 7.94. The molecule has 0 saturated carbocycles. The van der Waals surface area contributed by atoms with Crippen LogP contribution in [0.4, 0.5) is 13.2 Å². The van der Waals surface area contributed by atoms with Crippen LogP contribution >= 0.6 is 0 Å². The molecule has 1 aromatic carbocycles. The van der Waals surface area contributed by atoms with Crippen LogP contribution < -0.4 is 15.8 Å². The molecule has 1 unspecified atom stereocenters. The number of alkyl halides is 3. The van der Waals surface area contributed by atoms with E-state index in [4.69, 9.17) is 10.5 Å². The molecule has 0 aliphatic rings. The number of benzene rings is 1. The molecule has 2 aromatic rings. The largest absolute Gasteiger partial charge is 0.489 e. The van der Waals surface area contributed by atoms with Gasteiger partial charge in [-0.1, -0.05) is 12.1 Å². The summed E-state index contributed by atoms with van der Waals surface area (Å²) in [6.45, 7) is 0.00603. The van der Waals surface area contributed by atoms with Crippen LogP contribution in [-0.2, 0) is 13.2 Å². The van der Waals surface area contributed by atoms with E-state index in [2.05, 4.69) is 10.3 Å². The Morgan fingerprint density at radius 3 is 2.26 bits per heavy atom. The second-order valence-corrected chi connectivity index (χ2v) is 5.00. The zero-order valence-corrected chi connectivity index (χ0v) is 12.4. The summed E-state index contributed by atoms with van der Waals surface area (Å²) in [6, 6.07) is 8.89. The van der Waals surface area contributed by atoms with E-state index in [-0.39, 0.29) is 6.54 Å². The van der Waals surface area contributed by atoms with Crippen LogP contribution in [0.3, 0.4) is 0 Å². The summed E-state index contributed by atoms with van der Waals surface area (Å²) in [5, 5.41) is 2.41. The Labute approximate surface area is 132 Å². The predicted molar refractivity (Wildman–Crippen MR) is 80.7 cm³/mol. The Morgan fingerprint density at radius 2 is 1.70 bits per heavy atom. The van der Waals surface area contributed by atoms with Gasteiger partial charge in [0.15, 0.2) is 0 Å². The summed E-state index contributed by atoms with van der Waals surface area (Å²) in [6.07, 6.45) is -0.980. The van der Waals surface area contributed by atoms with Gasteiger partial charge in [-0.25, -0.2) is 0 Å². The van der Waals surface area contributed by atoms with Gasteiger partial charge in [-0.15, -0.1) is 0 Å². The van der Waals surface area contributed by atoms with Crippen LogP contribution in [0.5, 0.6) is 5.75 Å². The van der Waals surface area contributed by atoms with E-state index in [0.29, 0.717) is 12.4 Å². The fourth-order valence-corrected chi connectivity index (χ4v) is 1.92. The van der Waals surface area contributed by atoms with Gasteiger partial charge in [0.05, 0.1) is 0 Å². The number of nitrogens with one attached hydrogen (secondary N) is 1. The van der Waals surface area contributed by atoms with E-state index >= 15 is 0 Å². The number of nitrogens with zero attached hydrogens (tertiary/aromatic N) is 1. The lowest BCUT2D eigenvalue weighted by molar-refractivity contribution is -0.153. The smallest absolute Gasteiger partial charge is 0.405 e. The van der Waals surface area contributed by atoms with Crippen molar-refractivity contribution >= 4 is 0 Å². The van der Waals surface area contributed by atoms with Crippen molar-refractivity contribution in [1.29, 1.82) is 0 Å². The molecule has 3 N–H and O–H groups in total. The van der Waals surface area contributed by atoms with Gasteiger partial charge >= 0.3 is 6.18 Å². The molecule has 4 nitrogen and oxygen atoms in total. The molecule has 124 valence electrons. The van der Waals surface area contributed by atoms with Crippen LogP contribution in [0.15, 0.2) is 48.8 Å². The Hall–Kier alpha value is -2.12. The number of pyridine rings is 1. The first-order valence-corrected chi connectivity index (χ1v) is 7.10. The zero-order valence-electron chi connectivity index (χ0n) is 12.4. The summed E-state index contributed by atoms with van der Waals surface area (Å²) in [4.78, 5) is 3.92. The lowest BCUT2D eigenvalue weighted by Gasteiger charge is -2.20. The molecule has 0 aliphatic heterocycles. The van der Waals surface area contributed by atoms with Crippen molar-refractivity contribution in [2.24, 2.45) is 5.73 Å². The number of nitrogens with two attached hydrogens (primary N) is 1. The minimum Gasteiger partial charge on any atom is -0.489 e. The highest BCUT2D eigenvalue weighted by atomic mass is 19.4. The van der Waals surface area contributed by atoms with E-state index in [0.717, 1.165) is 11.1 Å². The molecule has 0 bridgehead atoms. The summed E-state index contributed by atoms with van der Waals surface area (Å²) < 4.78 is 43.3. The Bertz CT molecular complexity index is 588. The fraction of sp³-hybridized carbons (Fsp3) is 0.312. The summed E-state index contributed by atoms with van der Waals surface area (Å²) in [5.41, 5.74) is 6.85. The maximum Gasteiger partial charge on any atom is 0.405 e. The number of halogens is 3. The first-order chi connectivity index (χ1) is 11.0. The maximum absolute atomic E-state index is 12.6. The van der Waals surface area contributed by atoms with Crippen molar-refractivity contribution in [3.63, 3.8) is 0 Å². The number of ether oxygens (including phenoxy) is 1. The minimum atomic E-state index is -4.34. The molecule has 1 atom stereocenters. The van der Waals surface area contributed by atoms with Gasteiger partial charge in [-0.3, -0.25) is 4.98 Å². The van der Waals surface area contributed by atoms with Crippen LogP contribution in [0.1, 0.15) is 11.1 Å². The predicted octanol–water partition coefficient (Wildman–Crippen LogP) is 2.64. The first-order valence-electron chi connectivity index (χ1n) is 7.10. The van der Waals surface area contributed by atoms with Gasteiger partial charge in [0.2, 0.25) is 0 Å². The van der Waals surface area contributed by atoms with E-state index in [1.165, 1.54) is 0 Å². The molecule has 7 heteroatoms. The highest BCUT2D eigenvalue weighted by molar-refractivity contribution is 5.27.